The van der Waals surface area contributed by atoms with Gasteiger partial charge in [-0.25, -0.2) is 0 Å². The largest absolute Gasteiger partial charge is 0.256 e. The van der Waals surface area contributed by atoms with Gasteiger partial charge < -0.3 is 0 Å². The molecule has 0 fully saturated rings. The summed E-state index contributed by atoms with van der Waals surface area (Å²) in [4.78, 5) is 4.11. The van der Waals surface area contributed by atoms with E-state index < -0.39 is 0 Å². The van der Waals surface area contributed by atoms with Gasteiger partial charge in [0.2, 0.25) is 0 Å². The Morgan fingerprint density at radius 1 is 1.10 bits per heavy atom. The highest BCUT2D eigenvalue weighted by Gasteiger charge is 2.17. The number of azide groups is 1. The second-order valence-electron chi connectivity index (χ2n) is 4.88. The first-order chi connectivity index (χ1) is 10.2. The van der Waals surface area contributed by atoms with Crippen molar-refractivity contribution < 1.29 is 0 Å². The molecule has 108 valence electrons. The summed E-state index contributed by atoms with van der Waals surface area (Å²) < 4.78 is 3.35. The van der Waals surface area contributed by atoms with E-state index in [1.807, 2.05) is 37.3 Å². The van der Waals surface area contributed by atoms with Crippen molar-refractivity contribution in [1.82, 2.24) is 4.72 Å². The van der Waals surface area contributed by atoms with Crippen LogP contribution in [-0.4, -0.2) is 6.04 Å². The summed E-state index contributed by atoms with van der Waals surface area (Å²) in [5.41, 5.74) is 11.0. The molecule has 2 aromatic carbocycles. The minimum Gasteiger partial charge on any atom is -0.256 e. The Bertz CT molecular complexity index is 606. The molecule has 0 saturated heterocycles. The third kappa shape index (κ3) is 4.53. The van der Waals surface area contributed by atoms with Crippen LogP contribution in [0.5, 0.6) is 0 Å². The molecule has 0 aliphatic carbocycles. The molecule has 1 unspecified atom stereocenters. The summed E-state index contributed by atoms with van der Waals surface area (Å²) in [6.45, 7) is 4.09. The van der Waals surface area contributed by atoms with Crippen LogP contribution >= 0.6 is 11.9 Å². The first-order valence-electron chi connectivity index (χ1n) is 6.79. The van der Waals surface area contributed by atoms with Crippen LogP contribution in [0.2, 0.25) is 0 Å². The summed E-state index contributed by atoms with van der Waals surface area (Å²) >= 11 is 1.55. The molecule has 5 heteroatoms. The van der Waals surface area contributed by atoms with Crippen molar-refractivity contribution in [2.45, 2.75) is 30.8 Å². The van der Waals surface area contributed by atoms with Gasteiger partial charge in [0, 0.05) is 15.8 Å². The van der Waals surface area contributed by atoms with Crippen LogP contribution in [-0.2, 0) is 0 Å². The Kier molecular flexibility index (Phi) is 5.69. The summed E-state index contributed by atoms with van der Waals surface area (Å²) in [6.07, 6.45) is 0. The molecule has 0 radical (unpaired) electrons. The van der Waals surface area contributed by atoms with Crippen LogP contribution < -0.4 is 4.72 Å². The standard InChI is InChI=1S/C16H18N4S/c1-12-8-10-15(11-9-12)21-19-13(2)16(18-20-17)14-6-4-3-5-7-14/h3-11,13,16,19H,1-2H3/t13-,16?/m1/s1. The minimum atomic E-state index is -0.228. The van der Waals surface area contributed by atoms with E-state index in [0.29, 0.717) is 0 Å². The Balaban J connectivity index is 2.04. The maximum atomic E-state index is 8.79. The quantitative estimate of drug-likeness (QED) is 0.352. The Morgan fingerprint density at radius 3 is 2.38 bits per heavy atom. The van der Waals surface area contributed by atoms with E-state index in [4.69, 9.17) is 5.53 Å². The van der Waals surface area contributed by atoms with Crippen molar-refractivity contribution in [3.63, 3.8) is 0 Å². The smallest absolute Gasteiger partial charge is 0.0784 e. The number of rotatable bonds is 6. The lowest BCUT2D eigenvalue weighted by atomic mass is 10.0. The Labute approximate surface area is 129 Å². The van der Waals surface area contributed by atoms with E-state index in [9.17, 15) is 0 Å². The molecule has 4 nitrogen and oxygen atoms in total. The fraction of sp³-hybridized carbons (Fsp3) is 0.250. The maximum Gasteiger partial charge on any atom is 0.0784 e. The highest BCUT2D eigenvalue weighted by Crippen LogP contribution is 2.24. The molecule has 2 rings (SSSR count). The Morgan fingerprint density at radius 2 is 1.76 bits per heavy atom. The van der Waals surface area contributed by atoms with Crippen molar-refractivity contribution in [1.29, 1.82) is 0 Å². The molecule has 0 aliphatic heterocycles. The zero-order valence-corrected chi connectivity index (χ0v) is 12.9. The average molecular weight is 298 g/mol. The average Bonchev–Trinajstić information content (AvgIpc) is 2.52. The lowest BCUT2D eigenvalue weighted by Gasteiger charge is -2.20. The van der Waals surface area contributed by atoms with Crippen molar-refractivity contribution in [3.05, 3.63) is 76.2 Å². The molecule has 0 aliphatic rings. The number of nitrogens with zero attached hydrogens (tertiary/aromatic N) is 3. The molecule has 0 bridgehead atoms. The van der Waals surface area contributed by atoms with Crippen molar-refractivity contribution in [3.8, 4) is 0 Å². The molecular formula is C16H18N4S. The van der Waals surface area contributed by atoms with Gasteiger partial charge in [0.15, 0.2) is 0 Å². The van der Waals surface area contributed by atoms with Crippen molar-refractivity contribution in [2.24, 2.45) is 5.11 Å². The highest BCUT2D eigenvalue weighted by molar-refractivity contribution is 7.97. The monoisotopic (exact) mass is 298 g/mol. The normalized spacial score (nSPS) is 13.2. The lowest BCUT2D eigenvalue weighted by Crippen LogP contribution is -2.25. The molecule has 1 N–H and O–H groups in total. The zero-order chi connectivity index (χ0) is 15.1. The number of hydrogen-bond acceptors (Lipinski definition) is 3. The zero-order valence-electron chi connectivity index (χ0n) is 12.1. The molecule has 0 aromatic heterocycles. The van der Waals surface area contributed by atoms with E-state index >= 15 is 0 Å². The van der Waals surface area contributed by atoms with Crippen LogP contribution in [0, 0.1) is 6.92 Å². The molecule has 0 spiro atoms. The minimum absolute atomic E-state index is 0.0228. The van der Waals surface area contributed by atoms with Gasteiger partial charge in [-0.15, -0.1) is 0 Å². The SMILES string of the molecule is Cc1ccc(SN[C@H](C)C(N=[N+]=[N-])c2ccccc2)cc1. The van der Waals surface area contributed by atoms with Crippen LogP contribution in [0.4, 0.5) is 0 Å². The first kappa shape index (κ1) is 15.4. The summed E-state index contributed by atoms with van der Waals surface area (Å²) in [6, 6.07) is 17.9. The second kappa shape index (κ2) is 7.74. The third-order valence-electron chi connectivity index (χ3n) is 3.17. The topological polar surface area (TPSA) is 60.8 Å². The fourth-order valence-electron chi connectivity index (χ4n) is 1.99. The highest BCUT2D eigenvalue weighted by atomic mass is 32.2. The molecule has 0 heterocycles. The van der Waals surface area contributed by atoms with Crippen molar-refractivity contribution in [2.75, 3.05) is 0 Å². The predicted molar refractivity (Wildman–Crippen MR) is 88.0 cm³/mol. The second-order valence-corrected chi connectivity index (χ2v) is 5.79. The van der Waals surface area contributed by atoms with Crippen LogP contribution in [0.25, 0.3) is 10.4 Å². The van der Waals surface area contributed by atoms with Gasteiger partial charge in [0.1, 0.15) is 0 Å². The van der Waals surface area contributed by atoms with Crippen LogP contribution in [0.1, 0.15) is 24.1 Å². The summed E-state index contributed by atoms with van der Waals surface area (Å²) in [5, 5.41) is 3.93. The predicted octanol–water partition coefficient (Wildman–Crippen LogP) is 5.03. The molecule has 0 saturated carbocycles. The van der Waals surface area contributed by atoms with Gasteiger partial charge in [0.05, 0.1) is 6.04 Å². The summed E-state index contributed by atoms with van der Waals surface area (Å²) in [7, 11) is 0. The maximum absolute atomic E-state index is 8.79. The van der Waals surface area contributed by atoms with Crippen LogP contribution in [0.15, 0.2) is 64.6 Å². The van der Waals surface area contributed by atoms with E-state index in [-0.39, 0.29) is 12.1 Å². The van der Waals surface area contributed by atoms with Gasteiger partial charge in [-0.05, 0) is 49.0 Å². The molecule has 21 heavy (non-hydrogen) atoms. The lowest BCUT2D eigenvalue weighted by molar-refractivity contribution is 0.556. The van der Waals surface area contributed by atoms with Gasteiger partial charge in [-0.2, -0.15) is 0 Å². The van der Waals surface area contributed by atoms with Gasteiger partial charge in [0.25, 0.3) is 0 Å². The molecule has 0 amide bonds. The molecule has 2 aromatic rings. The number of benzene rings is 2. The molecule has 2 atom stereocenters. The number of aryl methyl sites for hydroxylation is 1. The van der Waals surface area contributed by atoms with E-state index in [1.54, 1.807) is 11.9 Å². The number of nitrogens with one attached hydrogen (secondary N) is 1. The fourth-order valence-corrected chi connectivity index (χ4v) is 2.72. The molecular weight excluding hydrogens is 280 g/mol. The van der Waals surface area contributed by atoms with Gasteiger partial charge in [-0.1, -0.05) is 53.1 Å². The van der Waals surface area contributed by atoms with Crippen molar-refractivity contribution >= 4 is 11.9 Å². The van der Waals surface area contributed by atoms with Gasteiger partial charge >= 0.3 is 0 Å². The first-order valence-corrected chi connectivity index (χ1v) is 7.60. The van der Waals surface area contributed by atoms with E-state index in [2.05, 4.69) is 45.9 Å². The van der Waals surface area contributed by atoms with Crippen LogP contribution in [0.3, 0.4) is 0 Å². The van der Waals surface area contributed by atoms with E-state index in [1.165, 1.54) is 5.56 Å². The summed E-state index contributed by atoms with van der Waals surface area (Å²) in [5.74, 6) is 0. The van der Waals surface area contributed by atoms with Gasteiger partial charge in [-0.3, -0.25) is 4.72 Å². The third-order valence-corrected chi connectivity index (χ3v) is 4.17. The Hall–Kier alpha value is -1.94. The number of hydrogen-bond donors (Lipinski definition) is 1. The van der Waals surface area contributed by atoms with E-state index in [0.717, 1.165) is 10.5 Å².